The number of nitrogens with zero attached hydrogens (tertiary/aromatic N) is 3. The standard InChI is InChI=1S/C23H24ClN5O3S/c1-15-8-10-17(11-9-15)14-29-22(24)21(16(2)27-29)23(30)26-18-5-3-6-19(13-18)33(31,32)28-20-7-4-12-25-20/h3,5-6,8-11,13H,4,7,12,14H2,1-2H3,(H,25,28)(H,26,30). The highest BCUT2D eigenvalue weighted by atomic mass is 35.5. The number of amidine groups is 1. The number of aromatic nitrogens is 2. The molecule has 33 heavy (non-hydrogen) atoms. The molecular formula is C23H24ClN5O3S. The normalized spacial score (nSPS) is 13.6. The van der Waals surface area contributed by atoms with Gasteiger partial charge in [0.25, 0.3) is 15.9 Å². The topological polar surface area (TPSA) is 105 Å². The quantitative estimate of drug-likeness (QED) is 0.551. The van der Waals surface area contributed by atoms with E-state index in [1.54, 1.807) is 23.7 Å². The van der Waals surface area contributed by atoms with E-state index in [1.807, 2.05) is 31.2 Å². The fourth-order valence-corrected chi connectivity index (χ4v) is 5.01. The summed E-state index contributed by atoms with van der Waals surface area (Å²) >= 11 is 6.49. The van der Waals surface area contributed by atoms with Crippen LogP contribution in [0.1, 0.15) is 40.0 Å². The Kier molecular flexibility index (Phi) is 6.53. The van der Waals surface area contributed by atoms with Crippen LogP contribution in [-0.4, -0.2) is 36.5 Å². The molecule has 172 valence electrons. The number of halogens is 1. The number of amides is 1. The number of anilines is 1. The maximum absolute atomic E-state index is 13.0. The smallest absolute Gasteiger partial charge is 0.262 e. The van der Waals surface area contributed by atoms with Gasteiger partial charge in [-0.2, -0.15) is 5.10 Å². The Balaban J connectivity index is 1.52. The summed E-state index contributed by atoms with van der Waals surface area (Å²) in [6, 6.07) is 14.0. The highest BCUT2D eigenvalue weighted by molar-refractivity contribution is 7.90. The lowest BCUT2D eigenvalue weighted by Gasteiger charge is -2.10. The second-order valence-corrected chi connectivity index (χ2v) is 9.95. The molecule has 1 amide bonds. The van der Waals surface area contributed by atoms with Gasteiger partial charge in [0, 0.05) is 18.7 Å². The molecule has 0 fully saturated rings. The Morgan fingerprint density at radius 2 is 1.91 bits per heavy atom. The first-order valence-corrected chi connectivity index (χ1v) is 12.3. The minimum atomic E-state index is -3.79. The molecule has 0 saturated carbocycles. The third kappa shape index (κ3) is 5.26. The molecule has 0 radical (unpaired) electrons. The fourth-order valence-electron chi connectivity index (χ4n) is 3.55. The number of aryl methyl sites for hydroxylation is 2. The van der Waals surface area contributed by atoms with Crippen LogP contribution in [0.25, 0.3) is 0 Å². The van der Waals surface area contributed by atoms with Crippen LogP contribution in [0.4, 0.5) is 5.69 Å². The summed E-state index contributed by atoms with van der Waals surface area (Å²) in [5.41, 5.74) is 3.22. The summed E-state index contributed by atoms with van der Waals surface area (Å²) in [5, 5.41) is 7.36. The first-order valence-electron chi connectivity index (χ1n) is 10.5. The highest BCUT2D eigenvalue weighted by Crippen LogP contribution is 2.23. The van der Waals surface area contributed by atoms with Crippen LogP contribution in [0.3, 0.4) is 0 Å². The first-order chi connectivity index (χ1) is 15.7. The van der Waals surface area contributed by atoms with Gasteiger partial charge in [-0.1, -0.05) is 47.5 Å². The van der Waals surface area contributed by atoms with Crippen molar-refractivity contribution in [1.82, 2.24) is 14.5 Å². The van der Waals surface area contributed by atoms with Gasteiger partial charge in [0.2, 0.25) is 0 Å². The van der Waals surface area contributed by atoms with E-state index in [-0.39, 0.29) is 15.6 Å². The zero-order valence-corrected chi connectivity index (χ0v) is 19.9. The second kappa shape index (κ2) is 9.36. The zero-order valence-electron chi connectivity index (χ0n) is 18.3. The van der Waals surface area contributed by atoms with Gasteiger partial charge in [0.15, 0.2) is 0 Å². The number of benzene rings is 2. The van der Waals surface area contributed by atoms with Crippen molar-refractivity contribution < 1.29 is 13.2 Å². The van der Waals surface area contributed by atoms with Gasteiger partial charge in [-0.05, 0) is 44.0 Å². The monoisotopic (exact) mass is 485 g/mol. The van der Waals surface area contributed by atoms with Crippen molar-refractivity contribution in [3.8, 4) is 0 Å². The predicted octanol–water partition coefficient (Wildman–Crippen LogP) is 3.92. The number of carbonyl (C=O) groups is 1. The molecule has 1 aliphatic rings. The summed E-state index contributed by atoms with van der Waals surface area (Å²) in [7, 11) is -3.79. The largest absolute Gasteiger partial charge is 0.322 e. The lowest BCUT2D eigenvalue weighted by molar-refractivity contribution is 0.102. The van der Waals surface area contributed by atoms with Crippen molar-refractivity contribution in [2.45, 2.75) is 38.1 Å². The van der Waals surface area contributed by atoms with Crippen molar-refractivity contribution >= 4 is 39.1 Å². The molecule has 3 aromatic rings. The molecule has 1 aliphatic heterocycles. The van der Waals surface area contributed by atoms with Crippen molar-refractivity contribution in [3.05, 3.63) is 76.1 Å². The van der Waals surface area contributed by atoms with Gasteiger partial charge in [0.05, 0.1) is 22.7 Å². The number of sulfonamides is 1. The second-order valence-electron chi connectivity index (χ2n) is 7.91. The summed E-state index contributed by atoms with van der Waals surface area (Å²) in [4.78, 5) is 17.2. The van der Waals surface area contributed by atoms with Gasteiger partial charge in [0.1, 0.15) is 11.0 Å². The Morgan fingerprint density at radius 1 is 1.15 bits per heavy atom. The van der Waals surface area contributed by atoms with Crippen LogP contribution in [0.5, 0.6) is 0 Å². The zero-order chi connectivity index (χ0) is 23.6. The number of aliphatic imine (C=N–C) groups is 1. The average molecular weight is 486 g/mol. The van der Waals surface area contributed by atoms with E-state index in [4.69, 9.17) is 11.6 Å². The van der Waals surface area contributed by atoms with Gasteiger partial charge in [-0.25, -0.2) is 13.1 Å². The van der Waals surface area contributed by atoms with Crippen LogP contribution in [0.2, 0.25) is 5.15 Å². The number of hydrogen-bond acceptors (Lipinski definition) is 5. The van der Waals surface area contributed by atoms with Gasteiger partial charge in [-0.15, -0.1) is 0 Å². The van der Waals surface area contributed by atoms with E-state index in [1.165, 1.54) is 12.1 Å². The fraction of sp³-hybridized carbons (Fsp3) is 0.261. The Hall–Kier alpha value is -3.17. The molecule has 0 saturated heterocycles. The molecule has 0 aliphatic carbocycles. The van der Waals surface area contributed by atoms with Crippen LogP contribution in [0, 0.1) is 13.8 Å². The molecule has 1 aromatic heterocycles. The Morgan fingerprint density at radius 3 is 2.61 bits per heavy atom. The van der Waals surface area contributed by atoms with Gasteiger partial charge < -0.3 is 5.32 Å². The molecule has 2 heterocycles. The van der Waals surface area contributed by atoms with E-state index in [0.717, 1.165) is 17.5 Å². The van der Waals surface area contributed by atoms with Crippen LogP contribution in [0.15, 0.2) is 58.4 Å². The summed E-state index contributed by atoms with van der Waals surface area (Å²) in [6.07, 6.45) is 1.42. The maximum Gasteiger partial charge on any atom is 0.262 e. The lowest BCUT2D eigenvalue weighted by atomic mass is 10.1. The van der Waals surface area contributed by atoms with Crippen LogP contribution >= 0.6 is 11.6 Å². The number of hydrogen-bond donors (Lipinski definition) is 2. The molecule has 4 rings (SSSR count). The molecule has 2 N–H and O–H groups in total. The van der Waals surface area contributed by atoms with Crippen molar-refractivity contribution in [2.24, 2.45) is 4.99 Å². The molecule has 8 nitrogen and oxygen atoms in total. The number of rotatable bonds is 6. The third-order valence-corrected chi connectivity index (χ3v) is 7.04. The predicted molar refractivity (Wildman–Crippen MR) is 129 cm³/mol. The maximum atomic E-state index is 13.0. The minimum Gasteiger partial charge on any atom is -0.322 e. The molecule has 0 spiro atoms. The van der Waals surface area contributed by atoms with E-state index >= 15 is 0 Å². The summed E-state index contributed by atoms with van der Waals surface area (Å²) in [5.74, 6) is -0.0110. The molecule has 0 bridgehead atoms. The van der Waals surface area contributed by atoms with E-state index in [9.17, 15) is 13.2 Å². The van der Waals surface area contributed by atoms with Crippen molar-refractivity contribution in [1.29, 1.82) is 0 Å². The number of nitrogens with one attached hydrogen (secondary N) is 2. The SMILES string of the molecule is Cc1ccc(Cn2nc(C)c(C(=O)Nc3cccc(S(=O)(=O)NC4=NCCC4)c3)c2Cl)cc1. The van der Waals surface area contributed by atoms with Gasteiger partial charge >= 0.3 is 0 Å². The Labute approximate surface area is 197 Å². The first kappa shape index (κ1) is 23.0. The highest BCUT2D eigenvalue weighted by Gasteiger charge is 2.22. The van der Waals surface area contributed by atoms with Gasteiger partial charge in [-0.3, -0.25) is 14.5 Å². The molecular weight excluding hydrogens is 462 g/mol. The molecule has 0 atom stereocenters. The van der Waals surface area contributed by atoms with Crippen molar-refractivity contribution in [2.75, 3.05) is 11.9 Å². The average Bonchev–Trinajstić information content (AvgIpc) is 3.37. The van der Waals surface area contributed by atoms with E-state index < -0.39 is 15.9 Å². The van der Waals surface area contributed by atoms with Crippen LogP contribution in [-0.2, 0) is 16.6 Å². The molecule has 0 unspecified atom stereocenters. The molecule has 10 heteroatoms. The third-order valence-electron chi connectivity index (χ3n) is 5.27. The summed E-state index contributed by atoms with van der Waals surface area (Å²) in [6.45, 7) is 4.76. The van der Waals surface area contributed by atoms with E-state index in [2.05, 4.69) is 20.1 Å². The Bertz CT molecular complexity index is 1330. The number of carbonyl (C=O) groups excluding carboxylic acids is 1. The lowest BCUT2D eigenvalue weighted by Crippen LogP contribution is -2.29. The van der Waals surface area contributed by atoms with E-state index in [0.29, 0.717) is 36.7 Å². The summed E-state index contributed by atoms with van der Waals surface area (Å²) < 4.78 is 29.4. The minimum absolute atomic E-state index is 0.0350. The van der Waals surface area contributed by atoms with Crippen LogP contribution < -0.4 is 10.0 Å². The van der Waals surface area contributed by atoms with Crippen molar-refractivity contribution in [3.63, 3.8) is 0 Å². The molecule has 2 aromatic carbocycles.